The molecule has 0 saturated heterocycles. The van der Waals surface area contributed by atoms with Gasteiger partial charge in [0.15, 0.2) is 0 Å². The van der Waals surface area contributed by atoms with Crippen molar-refractivity contribution in [3.8, 4) is 23.5 Å². The predicted molar refractivity (Wildman–Crippen MR) is 99.3 cm³/mol. The van der Waals surface area contributed by atoms with E-state index in [0.29, 0.717) is 0 Å². The van der Waals surface area contributed by atoms with Crippen LogP contribution in [0.2, 0.25) is 0 Å². The lowest BCUT2D eigenvalue weighted by Crippen LogP contribution is -2.01. The third-order valence-corrected chi connectivity index (χ3v) is 3.45. The van der Waals surface area contributed by atoms with Crippen molar-refractivity contribution in [2.24, 2.45) is 5.10 Å². The van der Waals surface area contributed by atoms with Crippen LogP contribution in [0, 0.1) is 5.82 Å². The summed E-state index contributed by atoms with van der Waals surface area (Å²) >= 11 is 0. The van der Waals surface area contributed by atoms with E-state index in [1.54, 1.807) is 6.07 Å². The summed E-state index contributed by atoms with van der Waals surface area (Å²) in [5.41, 5.74) is 3.74. The largest absolute Gasteiger partial charge is 0.481 e. The molecule has 0 spiro atoms. The molecule has 2 aromatic carbocycles. The van der Waals surface area contributed by atoms with Crippen molar-refractivity contribution < 1.29 is 18.6 Å². The van der Waals surface area contributed by atoms with Gasteiger partial charge in [-0.05, 0) is 24.3 Å². The average Bonchev–Trinajstić information content (AvgIpc) is 2.70. The Morgan fingerprint density at radius 2 is 1.67 bits per heavy atom. The van der Waals surface area contributed by atoms with Gasteiger partial charge in [-0.2, -0.15) is 15.1 Å². The van der Waals surface area contributed by atoms with E-state index in [9.17, 15) is 4.39 Å². The minimum Gasteiger partial charge on any atom is -0.481 e. The molecule has 0 aliphatic heterocycles. The SMILES string of the molecule is COc1cc(OC)nc(Oc2cccc(F)c2/C=N/Nc2ccccc2)n1. The first-order chi connectivity index (χ1) is 13.2. The predicted octanol–water partition coefficient (Wildman–Crippen LogP) is 3.87. The number of nitrogens with zero attached hydrogens (tertiary/aromatic N) is 3. The molecule has 3 aromatic rings. The molecule has 0 atom stereocenters. The van der Waals surface area contributed by atoms with E-state index in [1.165, 1.54) is 38.6 Å². The Balaban J connectivity index is 1.85. The molecule has 0 aliphatic carbocycles. The molecule has 1 aromatic heterocycles. The topological polar surface area (TPSA) is 77.9 Å². The van der Waals surface area contributed by atoms with Gasteiger partial charge >= 0.3 is 6.01 Å². The van der Waals surface area contributed by atoms with Gasteiger partial charge in [0.2, 0.25) is 11.8 Å². The molecule has 3 rings (SSSR count). The number of hydrazone groups is 1. The summed E-state index contributed by atoms with van der Waals surface area (Å²) in [5, 5.41) is 4.06. The first kappa shape index (κ1) is 18.1. The molecular formula is C19H17FN4O3. The van der Waals surface area contributed by atoms with Gasteiger partial charge in [-0.25, -0.2) is 4.39 Å². The van der Waals surface area contributed by atoms with Crippen molar-refractivity contribution in [1.29, 1.82) is 0 Å². The molecule has 0 unspecified atom stereocenters. The van der Waals surface area contributed by atoms with Gasteiger partial charge in [0.25, 0.3) is 0 Å². The molecule has 1 heterocycles. The van der Waals surface area contributed by atoms with Crippen LogP contribution in [0.1, 0.15) is 5.56 Å². The zero-order chi connectivity index (χ0) is 19.1. The molecule has 138 valence electrons. The van der Waals surface area contributed by atoms with Crippen molar-refractivity contribution in [2.45, 2.75) is 0 Å². The Kier molecular flexibility index (Phi) is 5.78. The van der Waals surface area contributed by atoms with E-state index in [2.05, 4.69) is 20.5 Å². The van der Waals surface area contributed by atoms with Gasteiger partial charge < -0.3 is 14.2 Å². The maximum atomic E-state index is 14.3. The highest BCUT2D eigenvalue weighted by atomic mass is 19.1. The monoisotopic (exact) mass is 368 g/mol. The van der Waals surface area contributed by atoms with Crippen molar-refractivity contribution in [1.82, 2.24) is 9.97 Å². The van der Waals surface area contributed by atoms with Crippen molar-refractivity contribution >= 4 is 11.9 Å². The fourth-order valence-electron chi connectivity index (χ4n) is 2.15. The molecule has 0 saturated carbocycles. The molecule has 0 bridgehead atoms. The lowest BCUT2D eigenvalue weighted by atomic mass is 10.2. The van der Waals surface area contributed by atoms with Gasteiger partial charge in [-0.3, -0.25) is 5.43 Å². The maximum Gasteiger partial charge on any atom is 0.328 e. The Hall–Kier alpha value is -3.68. The summed E-state index contributed by atoms with van der Waals surface area (Å²) < 4.78 is 30.1. The fourth-order valence-corrected chi connectivity index (χ4v) is 2.15. The van der Waals surface area contributed by atoms with Crippen LogP contribution in [0.3, 0.4) is 0 Å². The van der Waals surface area contributed by atoms with Crippen molar-refractivity contribution in [3.63, 3.8) is 0 Å². The molecule has 0 fully saturated rings. The van der Waals surface area contributed by atoms with Crippen LogP contribution >= 0.6 is 0 Å². The molecule has 0 radical (unpaired) electrons. The molecule has 0 amide bonds. The number of ether oxygens (including phenoxy) is 3. The Bertz CT molecular complexity index is 913. The summed E-state index contributed by atoms with van der Waals surface area (Å²) in [6.07, 6.45) is 1.33. The number of hydrogen-bond acceptors (Lipinski definition) is 7. The summed E-state index contributed by atoms with van der Waals surface area (Å²) in [6, 6.07) is 15.2. The number of para-hydroxylation sites is 1. The van der Waals surface area contributed by atoms with E-state index in [4.69, 9.17) is 14.2 Å². The summed E-state index contributed by atoms with van der Waals surface area (Å²) in [6.45, 7) is 0. The first-order valence-electron chi connectivity index (χ1n) is 7.97. The Morgan fingerprint density at radius 3 is 2.33 bits per heavy atom. The van der Waals surface area contributed by atoms with Crippen LogP contribution in [0.15, 0.2) is 59.7 Å². The number of anilines is 1. The zero-order valence-corrected chi connectivity index (χ0v) is 14.7. The van der Waals surface area contributed by atoms with Gasteiger partial charge in [-0.1, -0.05) is 24.3 Å². The summed E-state index contributed by atoms with van der Waals surface area (Å²) in [5.74, 6) is 0.216. The highest BCUT2D eigenvalue weighted by Crippen LogP contribution is 2.27. The molecule has 27 heavy (non-hydrogen) atoms. The smallest absolute Gasteiger partial charge is 0.328 e. The van der Waals surface area contributed by atoms with Crippen LogP contribution in [0.5, 0.6) is 23.5 Å². The Labute approximate surface area is 155 Å². The Morgan fingerprint density at radius 1 is 0.963 bits per heavy atom. The lowest BCUT2D eigenvalue weighted by molar-refractivity contribution is 0.347. The minimum absolute atomic E-state index is 0.0394. The van der Waals surface area contributed by atoms with Crippen molar-refractivity contribution in [2.75, 3.05) is 19.6 Å². The number of methoxy groups -OCH3 is 2. The highest BCUT2D eigenvalue weighted by molar-refractivity contribution is 5.84. The standard InChI is InChI=1S/C19H17FN4O3/c1-25-17-11-18(26-2)23-19(22-17)27-16-10-6-9-15(20)14(16)12-21-24-13-7-4-3-5-8-13/h3-12,24H,1-2H3/b21-12+. The van der Waals surface area contributed by atoms with Crippen LogP contribution in [0.4, 0.5) is 10.1 Å². The second-order valence-electron chi connectivity index (χ2n) is 5.22. The lowest BCUT2D eigenvalue weighted by Gasteiger charge is -2.10. The summed E-state index contributed by atoms with van der Waals surface area (Å²) in [4.78, 5) is 8.15. The van der Waals surface area contributed by atoms with Crippen LogP contribution in [-0.2, 0) is 0 Å². The minimum atomic E-state index is -0.499. The van der Waals surface area contributed by atoms with Gasteiger partial charge in [0, 0.05) is 0 Å². The maximum absolute atomic E-state index is 14.3. The van der Waals surface area contributed by atoms with Crippen LogP contribution in [0.25, 0.3) is 0 Å². The third kappa shape index (κ3) is 4.69. The number of nitrogens with one attached hydrogen (secondary N) is 1. The van der Waals surface area contributed by atoms with Crippen LogP contribution in [-0.4, -0.2) is 30.4 Å². The van der Waals surface area contributed by atoms with E-state index >= 15 is 0 Å². The quantitative estimate of drug-likeness (QED) is 0.504. The van der Waals surface area contributed by atoms with Gasteiger partial charge in [0.1, 0.15) is 11.6 Å². The van der Waals surface area contributed by atoms with E-state index < -0.39 is 5.82 Å². The molecule has 8 heteroatoms. The fraction of sp³-hybridized carbons (Fsp3) is 0.105. The van der Waals surface area contributed by atoms with E-state index in [1.807, 2.05) is 30.3 Å². The normalized spacial score (nSPS) is 10.6. The number of aromatic nitrogens is 2. The van der Waals surface area contributed by atoms with E-state index in [0.717, 1.165) is 5.69 Å². The van der Waals surface area contributed by atoms with Gasteiger partial charge in [0.05, 0.1) is 37.8 Å². The third-order valence-electron chi connectivity index (χ3n) is 3.45. The number of halogens is 1. The average molecular weight is 368 g/mol. The second kappa shape index (κ2) is 8.61. The number of hydrogen-bond donors (Lipinski definition) is 1. The molecule has 0 aliphatic rings. The van der Waals surface area contributed by atoms with Gasteiger partial charge in [-0.15, -0.1) is 0 Å². The molecule has 7 nitrogen and oxygen atoms in total. The summed E-state index contributed by atoms with van der Waals surface area (Å²) in [7, 11) is 2.92. The van der Waals surface area contributed by atoms with Crippen LogP contribution < -0.4 is 19.6 Å². The first-order valence-corrected chi connectivity index (χ1v) is 7.97. The zero-order valence-electron chi connectivity index (χ0n) is 14.7. The molecule has 1 N–H and O–H groups in total. The molecular weight excluding hydrogens is 351 g/mol. The highest BCUT2D eigenvalue weighted by Gasteiger charge is 2.12. The van der Waals surface area contributed by atoms with Crippen molar-refractivity contribution in [3.05, 3.63) is 66.0 Å². The second-order valence-corrected chi connectivity index (χ2v) is 5.22. The number of rotatable bonds is 7. The van der Waals surface area contributed by atoms with E-state index in [-0.39, 0.29) is 29.1 Å². The number of benzene rings is 2.